The lowest BCUT2D eigenvalue weighted by atomic mass is 10.1. The van der Waals surface area contributed by atoms with Crippen LogP contribution in [0.1, 0.15) is 18.2 Å². The molecule has 2 aromatic rings. The van der Waals surface area contributed by atoms with Gasteiger partial charge in [0.05, 0.1) is 19.2 Å². The highest BCUT2D eigenvalue weighted by molar-refractivity contribution is 6.34. The summed E-state index contributed by atoms with van der Waals surface area (Å²) < 4.78 is 10.4. The molecule has 0 aliphatic rings. The number of esters is 1. The summed E-state index contributed by atoms with van der Waals surface area (Å²) in [6, 6.07) is 4.91. The van der Waals surface area contributed by atoms with E-state index in [0.717, 1.165) is 5.56 Å². The molecule has 0 bridgehead atoms. The fourth-order valence-corrected chi connectivity index (χ4v) is 2.40. The Kier molecular flexibility index (Phi) is 5.09. The lowest BCUT2D eigenvalue weighted by Gasteiger charge is -2.06. The highest BCUT2D eigenvalue weighted by Gasteiger charge is 2.17. The molecular formula is C14H14Cl2N2O3. The van der Waals surface area contributed by atoms with Gasteiger partial charge in [-0.25, -0.2) is 5.10 Å². The van der Waals surface area contributed by atoms with Crippen molar-refractivity contribution < 1.29 is 14.3 Å². The fraction of sp³-hybridized carbons (Fsp3) is 0.286. The average molecular weight is 329 g/mol. The largest absolute Gasteiger partial charge is 0.469 e. The van der Waals surface area contributed by atoms with Gasteiger partial charge in [-0.15, -0.1) is 0 Å². The van der Waals surface area contributed by atoms with Crippen molar-refractivity contribution in [3.8, 4) is 11.6 Å². The third kappa shape index (κ3) is 3.89. The van der Waals surface area contributed by atoms with E-state index >= 15 is 0 Å². The van der Waals surface area contributed by atoms with Crippen LogP contribution >= 0.6 is 23.2 Å². The Morgan fingerprint density at radius 2 is 1.95 bits per heavy atom. The predicted octanol–water partition coefficient (Wildman–Crippen LogP) is 3.79. The Morgan fingerprint density at radius 1 is 1.29 bits per heavy atom. The smallest absolute Gasteiger partial charge is 0.311 e. The predicted molar refractivity (Wildman–Crippen MR) is 80.2 cm³/mol. The summed E-state index contributed by atoms with van der Waals surface area (Å²) in [5.41, 5.74) is 1.42. The van der Waals surface area contributed by atoms with Crippen LogP contribution in [0, 0.1) is 0 Å². The molecule has 0 aliphatic heterocycles. The van der Waals surface area contributed by atoms with Crippen molar-refractivity contribution >= 4 is 29.2 Å². The van der Waals surface area contributed by atoms with Gasteiger partial charge in [-0.2, -0.15) is 5.10 Å². The molecule has 5 nitrogen and oxygen atoms in total. The number of hydrogen-bond acceptors (Lipinski definition) is 4. The van der Waals surface area contributed by atoms with Crippen LogP contribution in [0.25, 0.3) is 0 Å². The number of nitrogens with zero attached hydrogens (tertiary/aromatic N) is 1. The summed E-state index contributed by atoms with van der Waals surface area (Å²) in [6.45, 7) is 1.95. The van der Waals surface area contributed by atoms with E-state index in [4.69, 9.17) is 27.9 Å². The molecule has 0 saturated heterocycles. The van der Waals surface area contributed by atoms with E-state index in [-0.39, 0.29) is 12.4 Å². The van der Waals surface area contributed by atoms with Gasteiger partial charge in [0.1, 0.15) is 5.75 Å². The van der Waals surface area contributed by atoms with Crippen LogP contribution in [-0.2, 0) is 22.4 Å². The van der Waals surface area contributed by atoms with Crippen molar-refractivity contribution in [1.82, 2.24) is 10.2 Å². The van der Waals surface area contributed by atoms with Gasteiger partial charge in [-0.05, 0) is 24.6 Å². The quantitative estimate of drug-likeness (QED) is 0.848. The van der Waals surface area contributed by atoms with Crippen molar-refractivity contribution in [2.24, 2.45) is 0 Å². The molecule has 1 aromatic heterocycles. The summed E-state index contributed by atoms with van der Waals surface area (Å²) in [4.78, 5) is 11.4. The molecule has 0 radical (unpaired) electrons. The Balaban J connectivity index is 2.25. The molecule has 7 heteroatoms. The second kappa shape index (κ2) is 6.83. The number of benzene rings is 1. The van der Waals surface area contributed by atoms with Gasteiger partial charge >= 0.3 is 5.97 Å². The van der Waals surface area contributed by atoms with E-state index in [0.29, 0.717) is 33.8 Å². The van der Waals surface area contributed by atoms with Crippen molar-refractivity contribution in [3.05, 3.63) is 39.5 Å². The number of nitrogens with one attached hydrogen (secondary N) is 1. The van der Waals surface area contributed by atoms with Crippen molar-refractivity contribution in [1.29, 1.82) is 0 Å². The summed E-state index contributed by atoms with van der Waals surface area (Å²) in [6.07, 6.45) is 0.752. The highest BCUT2D eigenvalue weighted by atomic mass is 35.5. The number of carbonyl (C=O) groups is 1. The second-order valence-electron chi connectivity index (χ2n) is 4.29. The third-order valence-electron chi connectivity index (χ3n) is 2.86. The minimum Gasteiger partial charge on any atom is -0.469 e. The van der Waals surface area contributed by atoms with Gasteiger partial charge in [0.25, 0.3) is 0 Å². The average Bonchev–Trinajstić information content (AvgIpc) is 2.79. The molecule has 2 rings (SSSR count). The van der Waals surface area contributed by atoms with Crippen LogP contribution < -0.4 is 4.74 Å². The molecule has 1 N–H and O–H groups in total. The van der Waals surface area contributed by atoms with Crippen molar-refractivity contribution in [3.63, 3.8) is 0 Å². The van der Waals surface area contributed by atoms with Crippen LogP contribution in [0.2, 0.25) is 10.0 Å². The Hall–Kier alpha value is -1.72. The van der Waals surface area contributed by atoms with E-state index in [1.54, 1.807) is 18.2 Å². The summed E-state index contributed by atoms with van der Waals surface area (Å²) in [5, 5.41) is 7.83. The number of H-pyrrole nitrogens is 1. The normalized spacial score (nSPS) is 10.5. The van der Waals surface area contributed by atoms with Crippen LogP contribution in [0.15, 0.2) is 18.2 Å². The molecule has 1 heterocycles. The maximum atomic E-state index is 11.4. The highest BCUT2D eigenvalue weighted by Crippen LogP contribution is 2.30. The minimum absolute atomic E-state index is 0.0931. The first kappa shape index (κ1) is 15.7. The lowest BCUT2D eigenvalue weighted by Crippen LogP contribution is -2.06. The zero-order valence-electron chi connectivity index (χ0n) is 11.6. The third-order valence-corrected chi connectivity index (χ3v) is 3.30. The van der Waals surface area contributed by atoms with Crippen molar-refractivity contribution in [2.75, 3.05) is 7.11 Å². The number of rotatable bonds is 5. The summed E-state index contributed by atoms with van der Waals surface area (Å²) in [5.74, 6) is 0.610. The SMILES string of the molecule is CCc1c(CC(=O)OC)n[nH]c1Oc1cc(Cl)cc(Cl)c1. The van der Waals surface area contributed by atoms with E-state index in [1.807, 2.05) is 6.92 Å². The van der Waals surface area contributed by atoms with Gasteiger partial charge in [0, 0.05) is 15.6 Å². The minimum atomic E-state index is -0.353. The first-order chi connectivity index (χ1) is 10.0. The second-order valence-corrected chi connectivity index (χ2v) is 5.16. The first-order valence-electron chi connectivity index (χ1n) is 6.30. The van der Waals surface area contributed by atoms with Gasteiger partial charge in [0.15, 0.2) is 0 Å². The Bertz CT molecular complexity index is 635. The fourth-order valence-electron chi connectivity index (χ4n) is 1.89. The monoisotopic (exact) mass is 328 g/mol. The summed E-state index contributed by atoms with van der Waals surface area (Å²) >= 11 is 11.9. The van der Waals surface area contributed by atoms with Crippen LogP contribution in [0.5, 0.6) is 11.6 Å². The molecule has 0 fully saturated rings. The maximum Gasteiger partial charge on any atom is 0.311 e. The molecule has 0 spiro atoms. The van der Waals surface area contributed by atoms with E-state index < -0.39 is 0 Å². The van der Waals surface area contributed by atoms with Gasteiger partial charge < -0.3 is 9.47 Å². The standard InChI is InChI=1S/C14H14Cl2N2O3/c1-3-11-12(7-13(19)20-2)17-18-14(11)21-10-5-8(15)4-9(16)6-10/h4-6H,3,7H2,1-2H3,(H,17,18). The van der Waals surface area contributed by atoms with Crippen LogP contribution in [-0.4, -0.2) is 23.3 Å². The molecule has 1 aromatic carbocycles. The molecule has 0 atom stereocenters. The zero-order chi connectivity index (χ0) is 15.4. The molecule has 0 unspecified atom stereocenters. The van der Waals surface area contributed by atoms with Gasteiger partial charge in [0.2, 0.25) is 5.88 Å². The number of hydrogen-bond donors (Lipinski definition) is 1. The number of aromatic amines is 1. The van der Waals surface area contributed by atoms with Gasteiger partial charge in [-0.3, -0.25) is 4.79 Å². The van der Waals surface area contributed by atoms with E-state index in [9.17, 15) is 4.79 Å². The van der Waals surface area contributed by atoms with E-state index in [1.165, 1.54) is 7.11 Å². The molecule has 21 heavy (non-hydrogen) atoms. The molecule has 0 amide bonds. The molecular weight excluding hydrogens is 315 g/mol. The number of halogens is 2. The topological polar surface area (TPSA) is 64.2 Å². The number of methoxy groups -OCH3 is 1. The Morgan fingerprint density at radius 3 is 2.52 bits per heavy atom. The maximum absolute atomic E-state index is 11.4. The van der Waals surface area contributed by atoms with Crippen LogP contribution in [0.3, 0.4) is 0 Å². The molecule has 0 saturated carbocycles. The summed E-state index contributed by atoms with van der Waals surface area (Å²) in [7, 11) is 1.34. The van der Waals surface area contributed by atoms with Crippen LogP contribution in [0.4, 0.5) is 0 Å². The zero-order valence-corrected chi connectivity index (χ0v) is 13.1. The molecule has 0 aliphatic carbocycles. The number of ether oxygens (including phenoxy) is 2. The number of carbonyl (C=O) groups excluding carboxylic acids is 1. The first-order valence-corrected chi connectivity index (χ1v) is 7.06. The number of aromatic nitrogens is 2. The van der Waals surface area contributed by atoms with Crippen molar-refractivity contribution in [2.45, 2.75) is 19.8 Å². The van der Waals surface area contributed by atoms with E-state index in [2.05, 4.69) is 14.9 Å². The van der Waals surface area contributed by atoms with Gasteiger partial charge in [-0.1, -0.05) is 30.1 Å². The lowest BCUT2D eigenvalue weighted by molar-refractivity contribution is -0.139. The Labute approximate surface area is 132 Å². The molecule has 112 valence electrons.